The molecule has 150 valence electrons. The maximum absolute atomic E-state index is 11.5. The number of hydrogen-bond donors (Lipinski definition) is 2. The van der Waals surface area contributed by atoms with Crippen LogP contribution in [0.4, 0.5) is 0 Å². The fraction of sp³-hybridized carbons (Fsp3) is 0.909. The molecule has 6 unspecified atom stereocenters. The minimum absolute atomic E-state index is 0.0157. The Morgan fingerprint density at radius 1 is 1.04 bits per heavy atom. The zero-order chi connectivity index (χ0) is 18.9. The first kappa shape index (κ1) is 18.1. The molecule has 5 nitrogen and oxygen atoms in total. The van der Waals surface area contributed by atoms with E-state index in [-0.39, 0.29) is 12.0 Å². The number of hydrogen-bond acceptors (Lipinski definition) is 5. The average Bonchev–Trinajstić information content (AvgIpc) is 3.19. The molecule has 0 spiro atoms. The second kappa shape index (κ2) is 6.03. The second-order valence-electron chi connectivity index (χ2n) is 10.5. The van der Waals surface area contributed by atoms with Crippen LogP contribution in [0.2, 0.25) is 0 Å². The highest BCUT2D eigenvalue weighted by Crippen LogP contribution is 2.68. The molecule has 1 aromatic rings. The molecule has 1 aromatic heterocycles. The monoisotopic (exact) mass is 374 g/mol. The van der Waals surface area contributed by atoms with Crippen LogP contribution in [-0.4, -0.2) is 32.7 Å². The Bertz CT molecular complexity index is 720. The molecule has 5 rings (SSSR count). The summed E-state index contributed by atoms with van der Waals surface area (Å²) in [5, 5.41) is 29.2. The quantitative estimate of drug-likeness (QED) is 0.846. The topological polar surface area (TPSA) is 79.4 Å². The lowest BCUT2D eigenvalue weighted by Gasteiger charge is -2.60. The van der Waals surface area contributed by atoms with E-state index in [1.165, 1.54) is 19.3 Å². The number of rotatable bonds is 3. The summed E-state index contributed by atoms with van der Waals surface area (Å²) < 4.78 is 5.05. The third kappa shape index (κ3) is 2.37. The molecule has 0 saturated heterocycles. The summed E-state index contributed by atoms with van der Waals surface area (Å²) in [6, 6.07) is 0. The molecule has 7 atom stereocenters. The summed E-state index contributed by atoms with van der Waals surface area (Å²) in [5.74, 6) is 2.75. The van der Waals surface area contributed by atoms with Gasteiger partial charge in [0.1, 0.15) is 11.4 Å². The first-order valence-corrected chi connectivity index (χ1v) is 11.0. The van der Waals surface area contributed by atoms with Crippen molar-refractivity contribution in [1.29, 1.82) is 0 Å². The van der Waals surface area contributed by atoms with Crippen LogP contribution < -0.4 is 0 Å². The second-order valence-corrected chi connectivity index (χ2v) is 10.5. The van der Waals surface area contributed by atoms with Gasteiger partial charge in [0.05, 0.1) is 5.60 Å². The highest BCUT2D eigenvalue weighted by molar-refractivity contribution is 5.21. The van der Waals surface area contributed by atoms with Crippen molar-refractivity contribution in [2.45, 2.75) is 83.7 Å². The van der Waals surface area contributed by atoms with Gasteiger partial charge >= 0.3 is 0 Å². The van der Waals surface area contributed by atoms with Gasteiger partial charge in [-0.2, -0.15) is 0 Å². The van der Waals surface area contributed by atoms with E-state index in [0.717, 1.165) is 61.7 Å². The zero-order valence-corrected chi connectivity index (χ0v) is 16.8. The Kier molecular flexibility index (Phi) is 4.04. The van der Waals surface area contributed by atoms with Gasteiger partial charge in [-0.25, -0.2) is 4.63 Å². The summed E-state index contributed by atoms with van der Waals surface area (Å²) in [4.78, 5) is 0. The molecule has 5 heteroatoms. The fourth-order valence-corrected chi connectivity index (χ4v) is 8.15. The first-order valence-electron chi connectivity index (χ1n) is 11.0. The molecule has 3 fully saturated rings. The van der Waals surface area contributed by atoms with Crippen molar-refractivity contribution in [3.8, 4) is 0 Å². The minimum Gasteiger partial charge on any atom is -0.396 e. The van der Waals surface area contributed by atoms with E-state index in [2.05, 4.69) is 24.2 Å². The largest absolute Gasteiger partial charge is 0.396 e. The van der Waals surface area contributed by atoms with Crippen LogP contribution in [0.3, 0.4) is 0 Å². The minimum atomic E-state index is -0.584. The molecule has 2 N–H and O–H groups in total. The zero-order valence-electron chi connectivity index (χ0n) is 16.8. The van der Waals surface area contributed by atoms with Gasteiger partial charge in [0.15, 0.2) is 0 Å². The van der Waals surface area contributed by atoms with Gasteiger partial charge in [0.25, 0.3) is 0 Å². The van der Waals surface area contributed by atoms with Crippen molar-refractivity contribution in [1.82, 2.24) is 10.3 Å². The SMILES string of the molecule is CC12Cc3nonc3CC1CCC1C2CCC2(C)C1CC[C@@]2(O)CCCO. The van der Waals surface area contributed by atoms with Gasteiger partial charge in [0, 0.05) is 13.0 Å². The lowest BCUT2D eigenvalue weighted by Crippen LogP contribution is -2.57. The third-order valence-corrected chi connectivity index (χ3v) is 9.76. The van der Waals surface area contributed by atoms with Crippen molar-refractivity contribution in [2.75, 3.05) is 6.61 Å². The summed E-state index contributed by atoms with van der Waals surface area (Å²) in [6.45, 7) is 5.04. The predicted molar refractivity (Wildman–Crippen MR) is 101 cm³/mol. The van der Waals surface area contributed by atoms with Crippen molar-refractivity contribution in [3.63, 3.8) is 0 Å². The van der Waals surface area contributed by atoms with E-state index in [4.69, 9.17) is 4.63 Å². The molecule has 3 saturated carbocycles. The molecular formula is C22H34N2O3. The maximum Gasteiger partial charge on any atom is 0.108 e. The molecular weight excluding hydrogens is 340 g/mol. The van der Waals surface area contributed by atoms with E-state index in [9.17, 15) is 10.2 Å². The smallest absolute Gasteiger partial charge is 0.108 e. The molecule has 1 heterocycles. The van der Waals surface area contributed by atoms with E-state index in [0.29, 0.717) is 23.7 Å². The van der Waals surface area contributed by atoms with Crippen LogP contribution in [-0.2, 0) is 12.8 Å². The highest BCUT2D eigenvalue weighted by Gasteiger charge is 2.64. The highest BCUT2D eigenvalue weighted by atomic mass is 16.6. The van der Waals surface area contributed by atoms with Crippen LogP contribution >= 0.6 is 0 Å². The lowest BCUT2D eigenvalue weighted by molar-refractivity contribution is -0.149. The standard InChI is InChI=1S/C22H34N2O3/c1-20-13-19-18(23-27-24-19)12-14(20)4-5-15-16(20)6-9-21(2)17(15)7-10-22(21,26)8-3-11-25/h14-17,25-26H,3-13H2,1-2H3/t14?,15?,16?,17?,20?,21?,22-/m0/s1. The third-order valence-electron chi connectivity index (χ3n) is 9.76. The Balaban J connectivity index is 1.44. The Labute approximate surface area is 161 Å². The van der Waals surface area contributed by atoms with Gasteiger partial charge in [-0.05, 0) is 92.3 Å². The predicted octanol–water partition coefficient (Wildman–Crippen LogP) is 3.53. The Hall–Kier alpha value is -0.940. The lowest BCUT2D eigenvalue weighted by atomic mass is 9.44. The average molecular weight is 375 g/mol. The van der Waals surface area contributed by atoms with Gasteiger partial charge in [-0.3, -0.25) is 0 Å². The van der Waals surface area contributed by atoms with Crippen molar-refractivity contribution in [2.24, 2.45) is 34.5 Å². The van der Waals surface area contributed by atoms with E-state index < -0.39 is 5.60 Å². The Morgan fingerprint density at radius 2 is 1.81 bits per heavy atom. The van der Waals surface area contributed by atoms with Gasteiger partial charge in [0.2, 0.25) is 0 Å². The van der Waals surface area contributed by atoms with Crippen LogP contribution in [0.25, 0.3) is 0 Å². The van der Waals surface area contributed by atoms with Crippen molar-refractivity contribution in [3.05, 3.63) is 11.4 Å². The molecule has 0 aromatic carbocycles. The van der Waals surface area contributed by atoms with E-state index in [1.807, 2.05) is 0 Å². The molecule has 4 aliphatic carbocycles. The van der Waals surface area contributed by atoms with Crippen LogP contribution in [0.5, 0.6) is 0 Å². The molecule has 0 radical (unpaired) electrons. The van der Waals surface area contributed by atoms with Crippen molar-refractivity contribution >= 4 is 0 Å². The molecule has 4 aliphatic rings. The molecule has 0 aliphatic heterocycles. The Morgan fingerprint density at radius 3 is 2.63 bits per heavy atom. The number of aliphatic hydroxyl groups excluding tert-OH is 1. The summed E-state index contributed by atoms with van der Waals surface area (Å²) in [5.41, 5.74) is 1.91. The summed E-state index contributed by atoms with van der Waals surface area (Å²) >= 11 is 0. The number of aromatic nitrogens is 2. The number of fused-ring (bicyclic) bond motifs is 6. The summed E-state index contributed by atoms with van der Waals surface area (Å²) in [7, 11) is 0. The summed E-state index contributed by atoms with van der Waals surface area (Å²) in [6.07, 6.45) is 10.5. The van der Waals surface area contributed by atoms with Gasteiger partial charge in [-0.1, -0.05) is 24.2 Å². The van der Waals surface area contributed by atoms with Gasteiger partial charge in [-0.15, -0.1) is 0 Å². The van der Waals surface area contributed by atoms with E-state index in [1.54, 1.807) is 0 Å². The van der Waals surface area contributed by atoms with Crippen LogP contribution in [0.15, 0.2) is 4.63 Å². The van der Waals surface area contributed by atoms with Gasteiger partial charge < -0.3 is 10.2 Å². The molecule has 27 heavy (non-hydrogen) atoms. The molecule has 0 amide bonds. The fourth-order valence-electron chi connectivity index (χ4n) is 8.15. The molecule has 0 bridgehead atoms. The van der Waals surface area contributed by atoms with Crippen molar-refractivity contribution < 1.29 is 14.8 Å². The maximum atomic E-state index is 11.5. The van der Waals surface area contributed by atoms with E-state index >= 15 is 0 Å². The van der Waals surface area contributed by atoms with Crippen LogP contribution in [0, 0.1) is 34.5 Å². The normalized spacial score (nSPS) is 48.4. The number of nitrogens with zero attached hydrogens (tertiary/aromatic N) is 2. The first-order chi connectivity index (χ1) is 12.9. The van der Waals surface area contributed by atoms with Crippen LogP contribution in [0.1, 0.15) is 76.6 Å². The number of aliphatic hydroxyl groups is 2.